The molecular weight excluding hydrogens is 206 g/mol. The van der Waals surface area contributed by atoms with Gasteiger partial charge in [-0.1, -0.05) is 32.6 Å². The molecule has 3 nitrogen and oxygen atoms in total. The van der Waals surface area contributed by atoms with E-state index in [-0.39, 0.29) is 0 Å². The highest BCUT2D eigenvalue weighted by Gasteiger charge is 2.13. The molecule has 2 rings (SSSR count). The van der Waals surface area contributed by atoms with Gasteiger partial charge in [0.1, 0.15) is 5.82 Å². The monoisotopic (exact) mass is 225 g/mol. The zero-order valence-corrected chi connectivity index (χ0v) is 10.1. The second-order valence-electron chi connectivity index (χ2n) is 4.20. The van der Waals surface area contributed by atoms with Crippen LogP contribution in [-0.2, 0) is 6.42 Å². The van der Waals surface area contributed by atoms with Crippen molar-refractivity contribution in [3.05, 3.63) is 5.82 Å². The molecule has 0 unspecified atom stereocenters. The van der Waals surface area contributed by atoms with Crippen LogP contribution >= 0.6 is 11.5 Å². The third kappa shape index (κ3) is 3.16. The molecule has 4 heteroatoms. The third-order valence-electron chi connectivity index (χ3n) is 2.97. The van der Waals surface area contributed by atoms with Gasteiger partial charge in [-0.15, -0.1) is 0 Å². The summed E-state index contributed by atoms with van der Waals surface area (Å²) in [4.78, 5) is 4.45. The van der Waals surface area contributed by atoms with Gasteiger partial charge in [0.05, 0.1) is 0 Å². The van der Waals surface area contributed by atoms with Crippen molar-refractivity contribution in [2.24, 2.45) is 0 Å². The zero-order chi connectivity index (χ0) is 10.5. The molecule has 1 fully saturated rings. The second kappa shape index (κ2) is 5.45. The Kier molecular flexibility index (Phi) is 3.94. The van der Waals surface area contributed by atoms with Crippen molar-refractivity contribution in [3.8, 4) is 0 Å². The molecule has 0 aliphatic heterocycles. The standard InChI is InChI=1S/C11H19N3S/c1-2-10-13-11(15-14-10)12-9-7-5-3-4-6-8-9/h9H,2-8H2,1H3,(H,12,13,14). The highest BCUT2D eigenvalue weighted by atomic mass is 32.1. The van der Waals surface area contributed by atoms with Crippen LogP contribution in [-0.4, -0.2) is 15.4 Å². The number of rotatable bonds is 3. The summed E-state index contributed by atoms with van der Waals surface area (Å²) in [6.45, 7) is 2.09. The first-order chi connectivity index (χ1) is 7.38. The van der Waals surface area contributed by atoms with Crippen LogP contribution in [0.15, 0.2) is 0 Å². The number of aryl methyl sites for hydroxylation is 1. The van der Waals surface area contributed by atoms with Gasteiger partial charge in [0, 0.05) is 24.0 Å². The van der Waals surface area contributed by atoms with E-state index in [1.165, 1.54) is 50.1 Å². The number of nitrogens with one attached hydrogen (secondary N) is 1. The summed E-state index contributed by atoms with van der Waals surface area (Å²) < 4.78 is 4.29. The Morgan fingerprint density at radius 2 is 2.00 bits per heavy atom. The molecule has 0 atom stereocenters. The summed E-state index contributed by atoms with van der Waals surface area (Å²) >= 11 is 1.50. The number of hydrogen-bond acceptors (Lipinski definition) is 4. The average Bonchev–Trinajstić information content (AvgIpc) is 2.54. The molecule has 1 heterocycles. The van der Waals surface area contributed by atoms with Gasteiger partial charge in [0.2, 0.25) is 5.13 Å². The van der Waals surface area contributed by atoms with E-state index in [9.17, 15) is 0 Å². The normalized spacial score (nSPS) is 18.7. The van der Waals surface area contributed by atoms with Crippen LogP contribution in [0.25, 0.3) is 0 Å². The Balaban J connectivity index is 1.89. The van der Waals surface area contributed by atoms with E-state index >= 15 is 0 Å². The summed E-state index contributed by atoms with van der Waals surface area (Å²) in [5.41, 5.74) is 0. The first-order valence-corrected chi connectivity index (χ1v) is 6.75. The second-order valence-corrected chi connectivity index (χ2v) is 4.95. The fourth-order valence-electron chi connectivity index (χ4n) is 2.05. The van der Waals surface area contributed by atoms with E-state index in [0.29, 0.717) is 6.04 Å². The van der Waals surface area contributed by atoms with E-state index in [0.717, 1.165) is 17.4 Å². The summed E-state index contributed by atoms with van der Waals surface area (Å²) in [6.07, 6.45) is 9.03. The minimum Gasteiger partial charge on any atom is -0.358 e. The highest BCUT2D eigenvalue weighted by Crippen LogP contribution is 2.21. The van der Waals surface area contributed by atoms with Crippen LogP contribution in [0.3, 0.4) is 0 Å². The van der Waals surface area contributed by atoms with E-state index in [2.05, 4.69) is 21.6 Å². The van der Waals surface area contributed by atoms with Gasteiger partial charge < -0.3 is 5.32 Å². The quantitative estimate of drug-likeness (QED) is 0.802. The van der Waals surface area contributed by atoms with Crippen molar-refractivity contribution in [1.82, 2.24) is 9.36 Å². The maximum absolute atomic E-state index is 4.45. The van der Waals surface area contributed by atoms with Crippen LogP contribution < -0.4 is 5.32 Å². The smallest absolute Gasteiger partial charge is 0.202 e. The first-order valence-electron chi connectivity index (χ1n) is 5.97. The Morgan fingerprint density at radius 1 is 1.27 bits per heavy atom. The van der Waals surface area contributed by atoms with Crippen molar-refractivity contribution < 1.29 is 0 Å². The van der Waals surface area contributed by atoms with E-state index in [4.69, 9.17) is 0 Å². The lowest BCUT2D eigenvalue weighted by molar-refractivity contribution is 0.619. The Labute approximate surface area is 95.5 Å². The Bertz CT molecular complexity index is 290. The highest BCUT2D eigenvalue weighted by molar-refractivity contribution is 7.09. The number of aromatic nitrogens is 2. The number of anilines is 1. The molecule has 0 saturated heterocycles. The molecule has 1 aromatic heterocycles. The van der Waals surface area contributed by atoms with Crippen LogP contribution in [0.4, 0.5) is 5.13 Å². The van der Waals surface area contributed by atoms with Crippen LogP contribution in [0.1, 0.15) is 51.3 Å². The maximum atomic E-state index is 4.45. The molecule has 15 heavy (non-hydrogen) atoms. The molecule has 1 aromatic rings. The van der Waals surface area contributed by atoms with Crippen LogP contribution in [0.5, 0.6) is 0 Å². The molecular formula is C11H19N3S. The van der Waals surface area contributed by atoms with Crippen molar-refractivity contribution in [2.45, 2.75) is 57.9 Å². The molecule has 1 N–H and O–H groups in total. The summed E-state index contributed by atoms with van der Waals surface area (Å²) in [7, 11) is 0. The maximum Gasteiger partial charge on any atom is 0.202 e. The molecule has 84 valence electrons. The minimum absolute atomic E-state index is 0.630. The Hall–Kier alpha value is -0.640. The van der Waals surface area contributed by atoms with Gasteiger partial charge >= 0.3 is 0 Å². The summed E-state index contributed by atoms with van der Waals surface area (Å²) in [5, 5.41) is 4.53. The van der Waals surface area contributed by atoms with E-state index in [1.807, 2.05) is 0 Å². The molecule has 1 aliphatic carbocycles. The lowest BCUT2D eigenvalue weighted by Gasteiger charge is -2.14. The molecule has 0 aromatic carbocycles. The molecule has 0 radical (unpaired) electrons. The molecule has 0 bridgehead atoms. The van der Waals surface area contributed by atoms with Crippen LogP contribution in [0, 0.1) is 0 Å². The van der Waals surface area contributed by atoms with Gasteiger partial charge in [-0.3, -0.25) is 0 Å². The summed E-state index contributed by atoms with van der Waals surface area (Å²) in [6, 6.07) is 0.630. The van der Waals surface area contributed by atoms with Crippen LogP contribution in [0.2, 0.25) is 0 Å². The van der Waals surface area contributed by atoms with Gasteiger partial charge in [-0.25, -0.2) is 4.98 Å². The molecule has 0 amide bonds. The SMILES string of the molecule is CCc1nsc(NC2CCCCCC2)n1. The minimum atomic E-state index is 0.630. The number of nitrogens with zero attached hydrogens (tertiary/aromatic N) is 2. The van der Waals surface area contributed by atoms with Gasteiger partial charge in [-0.05, 0) is 12.8 Å². The van der Waals surface area contributed by atoms with Crippen molar-refractivity contribution in [3.63, 3.8) is 0 Å². The van der Waals surface area contributed by atoms with Gasteiger partial charge in [0.15, 0.2) is 0 Å². The first kappa shape index (κ1) is 10.9. The third-order valence-corrected chi connectivity index (χ3v) is 3.65. The molecule has 1 aliphatic rings. The largest absolute Gasteiger partial charge is 0.358 e. The predicted octanol–water partition coefficient (Wildman–Crippen LogP) is 3.24. The van der Waals surface area contributed by atoms with Crippen molar-refractivity contribution >= 4 is 16.7 Å². The van der Waals surface area contributed by atoms with Crippen molar-refractivity contribution in [2.75, 3.05) is 5.32 Å². The lowest BCUT2D eigenvalue weighted by Crippen LogP contribution is -2.17. The van der Waals surface area contributed by atoms with Gasteiger partial charge in [0.25, 0.3) is 0 Å². The Morgan fingerprint density at radius 3 is 2.60 bits per heavy atom. The predicted molar refractivity (Wildman–Crippen MR) is 64.4 cm³/mol. The topological polar surface area (TPSA) is 37.8 Å². The number of hydrogen-bond donors (Lipinski definition) is 1. The summed E-state index contributed by atoms with van der Waals surface area (Å²) in [5.74, 6) is 0.969. The van der Waals surface area contributed by atoms with E-state index < -0.39 is 0 Å². The lowest BCUT2D eigenvalue weighted by atomic mass is 10.1. The fraction of sp³-hybridized carbons (Fsp3) is 0.818. The average molecular weight is 225 g/mol. The fourth-order valence-corrected chi connectivity index (χ4v) is 2.78. The molecule has 0 spiro atoms. The van der Waals surface area contributed by atoms with Gasteiger partial charge in [-0.2, -0.15) is 4.37 Å². The molecule has 1 saturated carbocycles. The van der Waals surface area contributed by atoms with Crippen molar-refractivity contribution in [1.29, 1.82) is 0 Å². The zero-order valence-electron chi connectivity index (χ0n) is 9.33. The van der Waals surface area contributed by atoms with E-state index in [1.54, 1.807) is 0 Å².